The molecule has 2 amide bonds. The van der Waals surface area contributed by atoms with Crippen LogP contribution in [0.5, 0.6) is 0 Å². The number of carbonyl (C=O) groups excluding carboxylic acids is 2. The fourth-order valence-electron chi connectivity index (χ4n) is 3.34. The second-order valence-electron chi connectivity index (χ2n) is 6.22. The Labute approximate surface area is 115 Å². The van der Waals surface area contributed by atoms with Gasteiger partial charge >= 0.3 is 0 Å². The predicted molar refractivity (Wildman–Crippen MR) is 74.5 cm³/mol. The third-order valence-electron chi connectivity index (χ3n) is 5.00. The molecule has 0 unspecified atom stereocenters. The van der Waals surface area contributed by atoms with Crippen molar-refractivity contribution in [3.05, 3.63) is 0 Å². The molecule has 1 saturated carbocycles. The Balaban J connectivity index is 1.89. The van der Waals surface area contributed by atoms with Crippen molar-refractivity contribution in [2.45, 2.75) is 52.5 Å². The number of hydrogen-bond acceptors (Lipinski definition) is 2. The first kappa shape index (κ1) is 14.4. The molecular formula is C15H26N2O2. The predicted octanol–water partition coefficient (Wildman–Crippen LogP) is 1.80. The van der Waals surface area contributed by atoms with Gasteiger partial charge in [-0.1, -0.05) is 26.7 Å². The van der Waals surface area contributed by atoms with E-state index in [1.54, 1.807) is 4.90 Å². The molecule has 0 aromatic rings. The molecule has 1 N–H and O–H groups in total. The van der Waals surface area contributed by atoms with Crippen molar-refractivity contribution in [1.82, 2.24) is 10.2 Å². The monoisotopic (exact) mass is 266 g/mol. The van der Waals surface area contributed by atoms with E-state index in [1.807, 2.05) is 6.92 Å². The Bertz CT molecular complexity index is 356. The third-order valence-corrected chi connectivity index (χ3v) is 5.00. The van der Waals surface area contributed by atoms with Crippen molar-refractivity contribution >= 4 is 11.8 Å². The number of likely N-dealkylation sites (tertiary alicyclic amines) is 1. The van der Waals surface area contributed by atoms with Crippen LogP contribution in [0.4, 0.5) is 0 Å². The lowest BCUT2D eigenvalue weighted by Gasteiger charge is -2.35. The van der Waals surface area contributed by atoms with E-state index in [4.69, 9.17) is 0 Å². The smallest absolute Gasteiger partial charge is 0.225 e. The molecule has 0 aromatic carbocycles. The minimum atomic E-state index is -0.142. The molecular weight excluding hydrogens is 240 g/mol. The topological polar surface area (TPSA) is 49.4 Å². The van der Waals surface area contributed by atoms with Crippen molar-refractivity contribution in [1.29, 1.82) is 0 Å². The van der Waals surface area contributed by atoms with Crippen LogP contribution in [0.3, 0.4) is 0 Å². The summed E-state index contributed by atoms with van der Waals surface area (Å²) in [6.07, 6.45) is 3.92. The van der Waals surface area contributed by atoms with Crippen molar-refractivity contribution in [2.24, 2.45) is 17.8 Å². The van der Waals surface area contributed by atoms with E-state index < -0.39 is 0 Å². The second-order valence-corrected chi connectivity index (χ2v) is 6.22. The van der Waals surface area contributed by atoms with Crippen LogP contribution in [0.2, 0.25) is 0 Å². The molecule has 1 heterocycles. The van der Waals surface area contributed by atoms with Gasteiger partial charge in [-0.15, -0.1) is 0 Å². The highest BCUT2D eigenvalue weighted by atomic mass is 16.2. The van der Waals surface area contributed by atoms with Crippen LogP contribution < -0.4 is 5.32 Å². The first-order chi connectivity index (χ1) is 9.02. The fraction of sp³-hybridized carbons (Fsp3) is 0.867. The van der Waals surface area contributed by atoms with Crippen molar-refractivity contribution < 1.29 is 9.59 Å². The zero-order chi connectivity index (χ0) is 14.0. The number of carbonyl (C=O) groups is 2. The van der Waals surface area contributed by atoms with Crippen LogP contribution in [0, 0.1) is 17.8 Å². The quantitative estimate of drug-likeness (QED) is 0.846. The molecule has 4 heteroatoms. The Morgan fingerprint density at radius 3 is 2.74 bits per heavy atom. The maximum Gasteiger partial charge on any atom is 0.225 e. The maximum absolute atomic E-state index is 12.3. The van der Waals surface area contributed by atoms with Gasteiger partial charge < -0.3 is 10.2 Å². The van der Waals surface area contributed by atoms with E-state index in [-0.39, 0.29) is 17.7 Å². The molecule has 0 aromatic heterocycles. The van der Waals surface area contributed by atoms with Crippen molar-refractivity contribution in [2.75, 3.05) is 13.1 Å². The van der Waals surface area contributed by atoms with E-state index in [9.17, 15) is 9.59 Å². The summed E-state index contributed by atoms with van der Waals surface area (Å²) in [7, 11) is 0. The summed E-state index contributed by atoms with van der Waals surface area (Å²) in [6, 6.07) is 0.294. The van der Waals surface area contributed by atoms with E-state index in [0.29, 0.717) is 37.4 Å². The van der Waals surface area contributed by atoms with Gasteiger partial charge in [-0.2, -0.15) is 0 Å². The van der Waals surface area contributed by atoms with Gasteiger partial charge in [-0.3, -0.25) is 9.59 Å². The van der Waals surface area contributed by atoms with Gasteiger partial charge in [0.25, 0.3) is 0 Å². The molecule has 1 aliphatic carbocycles. The first-order valence-corrected chi connectivity index (χ1v) is 7.61. The molecule has 0 radical (unpaired) electrons. The number of nitrogens with one attached hydrogen (secondary N) is 1. The highest BCUT2D eigenvalue weighted by Gasteiger charge is 2.35. The zero-order valence-corrected chi connectivity index (χ0v) is 12.3. The largest absolute Gasteiger partial charge is 0.353 e. The molecule has 2 fully saturated rings. The molecule has 0 bridgehead atoms. The Morgan fingerprint density at radius 1 is 1.37 bits per heavy atom. The normalized spacial score (nSPS) is 35.5. The summed E-state index contributed by atoms with van der Waals surface area (Å²) in [5.74, 6) is 1.27. The van der Waals surface area contributed by atoms with Crippen LogP contribution in [-0.2, 0) is 9.59 Å². The lowest BCUT2D eigenvalue weighted by atomic mass is 9.78. The summed E-state index contributed by atoms with van der Waals surface area (Å²) < 4.78 is 0. The second kappa shape index (κ2) is 5.93. The van der Waals surface area contributed by atoms with Gasteiger partial charge in [0.2, 0.25) is 11.8 Å². The summed E-state index contributed by atoms with van der Waals surface area (Å²) in [5.41, 5.74) is 0. The molecule has 4 nitrogen and oxygen atoms in total. The van der Waals surface area contributed by atoms with Crippen LogP contribution in [0.25, 0.3) is 0 Å². The summed E-state index contributed by atoms with van der Waals surface area (Å²) in [4.78, 5) is 25.7. The Kier molecular flexibility index (Phi) is 4.48. The van der Waals surface area contributed by atoms with Gasteiger partial charge in [0.15, 0.2) is 0 Å². The third kappa shape index (κ3) is 3.10. The van der Waals surface area contributed by atoms with E-state index in [1.165, 1.54) is 12.8 Å². The lowest BCUT2D eigenvalue weighted by molar-refractivity contribution is -0.129. The molecule has 19 heavy (non-hydrogen) atoms. The summed E-state index contributed by atoms with van der Waals surface area (Å²) in [6.45, 7) is 7.76. The summed E-state index contributed by atoms with van der Waals surface area (Å²) in [5, 5.41) is 3.19. The number of amides is 2. The van der Waals surface area contributed by atoms with Gasteiger partial charge in [0, 0.05) is 25.6 Å². The number of hydrogen-bond donors (Lipinski definition) is 1. The van der Waals surface area contributed by atoms with Crippen LogP contribution >= 0.6 is 0 Å². The SMILES string of the molecule is CCN1C[C@H](C(=O)N[C@@H]2CCC[C@@H](C)[C@@H]2C)CC1=O. The van der Waals surface area contributed by atoms with E-state index in [0.717, 1.165) is 6.42 Å². The standard InChI is InChI=1S/C15H26N2O2/c1-4-17-9-12(8-14(17)18)15(19)16-13-7-5-6-10(2)11(13)3/h10-13H,4-9H2,1-3H3,(H,16,19)/t10-,11+,12-,13-/m1/s1. The first-order valence-electron chi connectivity index (χ1n) is 7.61. The van der Waals surface area contributed by atoms with E-state index >= 15 is 0 Å². The Morgan fingerprint density at radius 2 is 2.11 bits per heavy atom. The van der Waals surface area contributed by atoms with Crippen LogP contribution in [-0.4, -0.2) is 35.8 Å². The highest BCUT2D eigenvalue weighted by molar-refractivity contribution is 5.89. The highest BCUT2D eigenvalue weighted by Crippen LogP contribution is 2.30. The average Bonchev–Trinajstić information content (AvgIpc) is 2.76. The maximum atomic E-state index is 12.3. The molecule has 4 atom stereocenters. The van der Waals surface area contributed by atoms with Crippen molar-refractivity contribution in [3.63, 3.8) is 0 Å². The van der Waals surface area contributed by atoms with Gasteiger partial charge in [-0.25, -0.2) is 0 Å². The number of rotatable bonds is 3. The molecule has 1 saturated heterocycles. The van der Waals surface area contributed by atoms with Gasteiger partial charge in [-0.05, 0) is 25.2 Å². The molecule has 2 rings (SSSR count). The van der Waals surface area contributed by atoms with Crippen molar-refractivity contribution in [3.8, 4) is 0 Å². The van der Waals surface area contributed by atoms with E-state index in [2.05, 4.69) is 19.2 Å². The molecule has 2 aliphatic rings. The Hall–Kier alpha value is -1.06. The molecule has 1 aliphatic heterocycles. The molecule has 108 valence electrons. The van der Waals surface area contributed by atoms with Crippen LogP contribution in [0.15, 0.2) is 0 Å². The fourth-order valence-corrected chi connectivity index (χ4v) is 3.34. The summed E-state index contributed by atoms with van der Waals surface area (Å²) >= 11 is 0. The lowest BCUT2D eigenvalue weighted by Crippen LogP contribution is -2.46. The average molecular weight is 266 g/mol. The van der Waals surface area contributed by atoms with Gasteiger partial charge in [0.05, 0.1) is 5.92 Å². The zero-order valence-electron chi connectivity index (χ0n) is 12.3. The minimum absolute atomic E-state index is 0.0789. The van der Waals surface area contributed by atoms with Gasteiger partial charge in [0.1, 0.15) is 0 Å². The molecule has 0 spiro atoms. The minimum Gasteiger partial charge on any atom is -0.353 e. The van der Waals surface area contributed by atoms with Crippen LogP contribution in [0.1, 0.15) is 46.5 Å². The number of nitrogens with zero attached hydrogens (tertiary/aromatic N) is 1.